The Morgan fingerprint density at radius 2 is 2.06 bits per heavy atom. The first-order chi connectivity index (χ1) is 8.62. The van der Waals surface area contributed by atoms with Crippen molar-refractivity contribution in [1.82, 2.24) is 5.32 Å². The number of carboxylic acids is 1. The Labute approximate surface area is 107 Å². The molecule has 1 fully saturated rings. The first-order valence-corrected chi connectivity index (χ1v) is 6.34. The van der Waals surface area contributed by atoms with Crippen LogP contribution in [-0.2, 0) is 11.2 Å². The molecule has 1 aliphatic rings. The number of aliphatic carboxylic acids is 1. The van der Waals surface area contributed by atoms with Crippen molar-refractivity contribution < 1.29 is 15.0 Å². The van der Waals surface area contributed by atoms with Crippen molar-refractivity contribution in [3.63, 3.8) is 0 Å². The van der Waals surface area contributed by atoms with Crippen molar-refractivity contribution in [3.8, 4) is 5.75 Å². The average molecular weight is 249 g/mol. The Balaban J connectivity index is 2.04. The van der Waals surface area contributed by atoms with Gasteiger partial charge in [0.1, 0.15) is 5.75 Å². The lowest BCUT2D eigenvalue weighted by molar-refractivity contribution is -0.151. The number of phenolic OH excluding ortho intramolecular Hbond substituents is 1. The molecule has 0 atom stereocenters. The molecule has 0 saturated carbocycles. The van der Waals surface area contributed by atoms with Crippen LogP contribution in [0.15, 0.2) is 24.3 Å². The lowest BCUT2D eigenvalue weighted by Crippen LogP contribution is -2.42. The number of carbonyl (C=O) groups is 1. The fourth-order valence-corrected chi connectivity index (χ4v) is 2.57. The molecule has 0 radical (unpaired) electrons. The zero-order valence-corrected chi connectivity index (χ0v) is 10.4. The first kappa shape index (κ1) is 12.9. The number of hydrogen-bond donors (Lipinski definition) is 3. The van der Waals surface area contributed by atoms with Crippen LogP contribution in [0.4, 0.5) is 0 Å². The molecule has 0 aromatic heterocycles. The lowest BCUT2D eigenvalue weighted by Gasteiger charge is -2.33. The van der Waals surface area contributed by atoms with E-state index >= 15 is 0 Å². The van der Waals surface area contributed by atoms with Crippen LogP contribution in [0, 0.1) is 5.41 Å². The van der Waals surface area contributed by atoms with Crippen LogP contribution in [0.25, 0.3) is 0 Å². The molecule has 1 aromatic carbocycles. The molecular weight excluding hydrogens is 230 g/mol. The van der Waals surface area contributed by atoms with Crippen molar-refractivity contribution in [3.05, 3.63) is 29.8 Å². The number of carboxylic acid groups (broad SMARTS) is 1. The molecule has 1 aromatic rings. The molecule has 4 nitrogen and oxygen atoms in total. The van der Waals surface area contributed by atoms with Gasteiger partial charge in [-0.25, -0.2) is 0 Å². The lowest BCUT2D eigenvalue weighted by atomic mass is 9.74. The predicted octanol–water partition coefficient (Wildman–Crippen LogP) is 1.78. The van der Waals surface area contributed by atoms with E-state index in [0.29, 0.717) is 25.7 Å². The predicted molar refractivity (Wildman–Crippen MR) is 68.6 cm³/mol. The number of piperidine rings is 1. The highest BCUT2D eigenvalue weighted by molar-refractivity contribution is 5.74. The summed E-state index contributed by atoms with van der Waals surface area (Å²) in [5.41, 5.74) is 0.394. The van der Waals surface area contributed by atoms with E-state index in [-0.39, 0.29) is 5.75 Å². The van der Waals surface area contributed by atoms with Crippen LogP contribution in [0.5, 0.6) is 5.75 Å². The molecule has 0 spiro atoms. The molecule has 98 valence electrons. The topological polar surface area (TPSA) is 69.6 Å². The summed E-state index contributed by atoms with van der Waals surface area (Å²) in [4.78, 5) is 11.5. The van der Waals surface area contributed by atoms with E-state index in [4.69, 9.17) is 0 Å². The highest BCUT2D eigenvalue weighted by Crippen LogP contribution is 2.34. The summed E-state index contributed by atoms with van der Waals surface area (Å²) in [5.74, 6) is -0.452. The summed E-state index contributed by atoms with van der Waals surface area (Å²) in [5, 5.41) is 22.0. The number of phenols is 1. The van der Waals surface area contributed by atoms with Crippen molar-refractivity contribution in [2.45, 2.75) is 25.7 Å². The molecular formula is C14H19NO3. The standard InChI is InChI=1S/C14H19NO3/c16-12-3-1-2-11(10-12)4-5-14(13(17)18)6-8-15-9-7-14/h1-3,10,15-16H,4-9H2,(H,17,18). The van der Waals surface area contributed by atoms with Gasteiger partial charge in [0.2, 0.25) is 0 Å². The summed E-state index contributed by atoms with van der Waals surface area (Å²) >= 11 is 0. The molecule has 0 amide bonds. The maximum atomic E-state index is 11.5. The average Bonchev–Trinajstić information content (AvgIpc) is 2.37. The number of hydrogen-bond acceptors (Lipinski definition) is 3. The number of aryl methyl sites for hydroxylation is 1. The number of rotatable bonds is 4. The van der Waals surface area contributed by atoms with Gasteiger partial charge in [-0.05, 0) is 56.5 Å². The van der Waals surface area contributed by atoms with E-state index < -0.39 is 11.4 Å². The molecule has 0 unspecified atom stereocenters. The van der Waals surface area contributed by atoms with Crippen LogP contribution in [0.1, 0.15) is 24.8 Å². The fraction of sp³-hybridized carbons (Fsp3) is 0.500. The highest BCUT2D eigenvalue weighted by Gasteiger charge is 2.38. The summed E-state index contributed by atoms with van der Waals surface area (Å²) in [6.07, 6.45) is 2.69. The molecule has 1 aliphatic heterocycles. The van der Waals surface area contributed by atoms with Gasteiger partial charge in [0.25, 0.3) is 0 Å². The molecule has 18 heavy (non-hydrogen) atoms. The van der Waals surface area contributed by atoms with Gasteiger partial charge in [0.05, 0.1) is 5.41 Å². The van der Waals surface area contributed by atoms with Gasteiger partial charge in [-0.15, -0.1) is 0 Å². The van der Waals surface area contributed by atoms with Crippen LogP contribution in [0.2, 0.25) is 0 Å². The minimum atomic E-state index is -0.691. The molecule has 4 heteroatoms. The van der Waals surface area contributed by atoms with Gasteiger partial charge in [-0.1, -0.05) is 12.1 Å². The third-order valence-electron chi connectivity index (χ3n) is 3.82. The van der Waals surface area contributed by atoms with Crippen LogP contribution < -0.4 is 5.32 Å². The zero-order chi connectivity index (χ0) is 13.0. The molecule has 2 rings (SSSR count). The summed E-state index contributed by atoms with van der Waals surface area (Å²) < 4.78 is 0. The van der Waals surface area contributed by atoms with E-state index in [2.05, 4.69) is 5.32 Å². The molecule has 1 heterocycles. The maximum absolute atomic E-state index is 11.5. The second kappa shape index (κ2) is 5.40. The van der Waals surface area contributed by atoms with E-state index in [9.17, 15) is 15.0 Å². The second-order valence-electron chi connectivity index (χ2n) is 5.01. The Morgan fingerprint density at radius 1 is 1.33 bits per heavy atom. The Kier molecular flexibility index (Phi) is 3.87. The molecule has 0 aliphatic carbocycles. The van der Waals surface area contributed by atoms with Gasteiger partial charge in [0, 0.05) is 0 Å². The zero-order valence-electron chi connectivity index (χ0n) is 10.4. The Hall–Kier alpha value is -1.55. The van der Waals surface area contributed by atoms with Crippen molar-refractivity contribution in [2.75, 3.05) is 13.1 Å². The summed E-state index contributed by atoms with van der Waals surface area (Å²) in [7, 11) is 0. The van der Waals surface area contributed by atoms with E-state index in [1.807, 2.05) is 6.07 Å². The third kappa shape index (κ3) is 2.82. The first-order valence-electron chi connectivity index (χ1n) is 6.34. The quantitative estimate of drug-likeness (QED) is 0.760. The van der Waals surface area contributed by atoms with Crippen molar-refractivity contribution in [2.24, 2.45) is 5.41 Å². The molecule has 0 bridgehead atoms. The smallest absolute Gasteiger partial charge is 0.309 e. The maximum Gasteiger partial charge on any atom is 0.309 e. The normalized spacial score (nSPS) is 18.4. The number of aromatic hydroxyl groups is 1. The van der Waals surface area contributed by atoms with E-state index in [1.165, 1.54) is 0 Å². The highest BCUT2D eigenvalue weighted by atomic mass is 16.4. The van der Waals surface area contributed by atoms with E-state index in [1.54, 1.807) is 18.2 Å². The van der Waals surface area contributed by atoms with Gasteiger partial charge < -0.3 is 15.5 Å². The monoisotopic (exact) mass is 249 g/mol. The second-order valence-corrected chi connectivity index (χ2v) is 5.01. The van der Waals surface area contributed by atoms with Crippen LogP contribution in [0.3, 0.4) is 0 Å². The van der Waals surface area contributed by atoms with E-state index in [0.717, 1.165) is 18.7 Å². The number of benzene rings is 1. The van der Waals surface area contributed by atoms with Gasteiger partial charge in [-0.3, -0.25) is 4.79 Å². The minimum Gasteiger partial charge on any atom is -0.508 e. The van der Waals surface area contributed by atoms with Gasteiger partial charge in [0.15, 0.2) is 0 Å². The van der Waals surface area contributed by atoms with Gasteiger partial charge in [-0.2, -0.15) is 0 Å². The van der Waals surface area contributed by atoms with Crippen molar-refractivity contribution in [1.29, 1.82) is 0 Å². The fourth-order valence-electron chi connectivity index (χ4n) is 2.57. The van der Waals surface area contributed by atoms with Gasteiger partial charge >= 0.3 is 5.97 Å². The SMILES string of the molecule is O=C(O)C1(CCc2cccc(O)c2)CCNCC1. The third-order valence-corrected chi connectivity index (χ3v) is 3.82. The Bertz CT molecular complexity index is 425. The van der Waals surface area contributed by atoms with Crippen LogP contribution in [-0.4, -0.2) is 29.3 Å². The largest absolute Gasteiger partial charge is 0.508 e. The summed E-state index contributed by atoms with van der Waals surface area (Å²) in [6.45, 7) is 1.54. The minimum absolute atomic E-state index is 0.238. The van der Waals surface area contributed by atoms with Crippen LogP contribution >= 0.6 is 0 Å². The summed E-state index contributed by atoms with van der Waals surface area (Å²) in [6, 6.07) is 7.05. The Morgan fingerprint density at radius 3 is 2.67 bits per heavy atom. The number of nitrogens with one attached hydrogen (secondary N) is 1. The molecule has 1 saturated heterocycles. The molecule has 3 N–H and O–H groups in total. The van der Waals surface area contributed by atoms with Crippen molar-refractivity contribution >= 4 is 5.97 Å².